The Morgan fingerprint density at radius 1 is 1.08 bits per heavy atom. The van der Waals surface area contributed by atoms with Gasteiger partial charge in [0, 0.05) is 30.7 Å². The number of pyridine rings is 1. The van der Waals surface area contributed by atoms with Crippen LogP contribution in [0.5, 0.6) is 0 Å². The van der Waals surface area contributed by atoms with E-state index >= 15 is 0 Å². The third-order valence-electron chi connectivity index (χ3n) is 4.32. The molecule has 1 saturated carbocycles. The summed E-state index contributed by atoms with van der Waals surface area (Å²) in [5.41, 5.74) is 2.22. The molecule has 0 spiro atoms. The van der Waals surface area contributed by atoms with E-state index in [2.05, 4.69) is 63.7 Å². The quantitative estimate of drug-likeness (QED) is 0.707. The first kappa shape index (κ1) is 15.1. The van der Waals surface area contributed by atoms with Crippen molar-refractivity contribution in [1.82, 2.24) is 9.88 Å². The minimum absolute atomic E-state index is 0.547. The molecule has 2 aromatic carbocycles. The maximum Gasteiger partial charge on any atom is 0.173 e. The Hall–Kier alpha value is -2.46. The fourth-order valence-electron chi connectivity index (χ4n) is 2.90. The fraction of sp³-hybridized carbons (Fsp3) is 0.200. The molecule has 24 heavy (non-hydrogen) atoms. The Bertz CT molecular complexity index is 859. The number of aromatic nitrogens is 1. The summed E-state index contributed by atoms with van der Waals surface area (Å²) in [6.45, 7) is 0.803. The Labute approximate surface area is 147 Å². The summed E-state index contributed by atoms with van der Waals surface area (Å²) in [6, 6.07) is 19.3. The van der Waals surface area contributed by atoms with Gasteiger partial charge in [0.1, 0.15) is 0 Å². The van der Waals surface area contributed by atoms with Gasteiger partial charge in [0.25, 0.3) is 0 Å². The van der Waals surface area contributed by atoms with E-state index in [1.807, 2.05) is 12.3 Å². The first-order valence-electron chi connectivity index (χ1n) is 8.25. The van der Waals surface area contributed by atoms with Crippen LogP contribution in [0.2, 0.25) is 0 Å². The molecular weight excluding hydrogens is 314 g/mol. The van der Waals surface area contributed by atoms with Crippen molar-refractivity contribution in [2.45, 2.75) is 25.4 Å². The molecule has 3 aromatic rings. The number of nitrogens with zero attached hydrogens (tertiary/aromatic N) is 2. The lowest BCUT2D eigenvalue weighted by Gasteiger charge is -2.26. The maximum absolute atomic E-state index is 5.69. The van der Waals surface area contributed by atoms with Crippen LogP contribution in [-0.2, 0) is 6.54 Å². The lowest BCUT2D eigenvalue weighted by Crippen LogP contribution is -2.36. The smallest absolute Gasteiger partial charge is 0.173 e. The van der Waals surface area contributed by atoms with Gasteiger partial charge >= 0.3 is 0 Å². The Morgan fingerprint density at radius 3 is 2.67 bits per heavy atom. The monoisotopic (exact) mass is 333 g/mol. The number of fused-ring (bicyclic) bond motifs is 1. The molecule has 1 aliphatic rings. The van der Waals surface area contributed by atoms with Crippen LogP contribution in [0.15, 0.2) is 67.0 Å². The number of benzene rings is 2. The zero-order valence-corrected chi connectivity index (χ0v) is 14.2. The Kier molecular flexibility index (Phi) is 4.13. The number of rotatable bonds is 4. The fourth-order valence-corrected chi connectivity index (χ4v) is 3.24. The van der Waals surface area contributed by atoms with Crippen LogP contribution >= 0.6 is 12.2 Å². The van der Waals surface area contributed by atoms with Crippen LogP contribution in [-0.4, -0.2) is 21.0 Å². The second-order valence-electron chi connectivity index (χ2n) is 6.21. The van der Waals surface area contributed by atoms with Crippen molar-refractivity contribution in [2.24, 2.45) is 0 Å². The molecule has 0 unspecified atom stereocenters. The molecule has 0 saturated heterocycles. The molecule has 1 heterocycles. The zero-order chi connectivity index (χ0) is 16.4. The number of hydrogen-bond donors (Lipinski definition) is 1. The van der Waals surface area contributed by atoms with Gasteiger partial charge in [-0.15, -0.1) is 0 Å². The SMILES string of the molecule is S=C(Nc1ccc2ccccc2c1)N(Cc1cccnc1)C1CC1. The van der Waals surface area contributed by atoms with Crippen LogP contribution in [0.3, 0.4) is 0 Å². The first-order valence-corrected chi connectivity index (χ1v) is 8.66. The number of hydrogen-bond acceptors (Lipinski definition) is 2. The average Bonchev–Trinajstić information content (AvgIpc) is 3.45. The summed E-state index contributed by atoms with van der Waals surface area (Å²) in [5.74, 6) is 0. The standard InChI is InChI=1S/C20H19N3S/c24-20(22-18-8-7-16-5-1-2-6-17(16)12-18)23(19-9-10-19)14-15-4-3-11-21-13-15/h1-8,11-13,19H,9-10,14H2,(H,22,24). The molecule has 4 heteroatoms. The predicted molar refractivity (Wildman–Crippen MR) is 103 cm³/mol. The van der Waals surface area contributed by atoms with Crippen molar-refractivity contribution in [3.05, 3.63) is 72.6 Å². The summed E-state index contributed by atoms with van der Waals surface area (Å²) in [4.78, 5) is 6.48. The van der Waals surface area contributed by atoms with Gasteiger partial charge in [0.05, 0.1) is 0 Å². The Morgan fingerprint density at radius 2 is 1.92 bits per heavy atom. The van der Waals surface area contributed by atoms with Crippen molar-refractivity contribution >= 4 is 33.8 Å². The van der Waals surface area contributed by atoms with Gasteiger partial charge in [0.2, 0.25) is 0 Å². The highest BCUT2D eigenvalue weighted by Gasteiger charge is 2.30. The number of anilines is 1. The third kappa shape index (κ3) is 3.39. The highest BCUT2D eigenvalue weighted by atomic mass is 32.1. The Balaban J connectivity index is 1.52. The molecule has 1 N–H and O–H groups in total. The molecule has 0 bridgehead atoms. The lowest BCUT2D eigenvalue weighted by atomic mass is 10.1. The van der Waals surface area contributed by atoms with Gasteiger partial charge in [-0.3, -0.25) is 4.98 Å². The van der Waals surface area contributed by atoms with E-state index in [-0.39, 0.29) is 0 Å². The average molecular weight is 333 g/mol. The van der Waals surface area contributed by atoms with E-state index in [0.717, 1.165) is 17.3 Å². The van der Waals surface area contributed by atoms with Gasteiger partial charge in [0.15, 0.2) is 5.11 Å². The van der Waals surface area contributed by atoms with Crippen LogP contribution in [0.1, 0.15) is 18.4 Å². The molecule has 3 nitrogen and oxygen atoms in total. The highest BCUT2D eigenvalue weighted by Crippen LogP contribution is 2.29. The zero-order valence-electron chi connectivity index (χ0n) is 13.4. The molecule has 0 aliphatic heterocycles. The van der Waals surface area contributed by atoms with Gasteiger partial charge in [-0.05, 0) is 59.6 Å². The second-order valence-corrected chi connectivity index (χ2v) is 6.60. The topological polar surface area (TPSA) is 28.2 Å². The predicted octanol–water partition coefficient (Wildman–Crippen LogP) is 4.60. The molecule has 0 radical (unpaired) electrons. The van der Waals surface area contributed by atoms with E-state index in [1.165, 1.54) is 29.2 Å². The third-order valence-corrected chi connectivity index (χ3v) is 4.66. The second kappa shape index (κ2) is 6.57. The highest BCUT2D eigenvalue weighted by molar-refractivity contribution is 7.80. The summed E-state index contributed by atoms with van der Waals surface area (Å²) in [6.07, 6.45) is 6.13. The first-order chi connectivity index (χ1) is 11.8. The summed E-state index contributed by atoms with van der Waals surface area (Å²) in [5, 5.41) is 6.66. The van der Waals surface area contributed by atoms with Gasteiger partial charge < -0.3 is 10.2 Å². The van der Waals surface area contributed by atoms with Crippen LogP contribution in [0, 0.1) is 0 Å². The normalized spacial score (nSPS) is 13.7. The largest absolute Gasteiger partial charge is 0.342 e. The van der Waals surface area contributed by atoms with E-state index in [0.29, 0.717) is 6.04 Å². The molecule has 1 aliphatic carbocycles. The van der Waals surface area contributed by atoms with E-state index in [9.17, 15) is 0 Å². The molecule has 1 aromatic heterocycles. The summed E-state index contributed by atoms with van der Waals surface area (Å²) < 4.78 is 0. The van der Waals surface area contributed by atoms with Crippen molar-refractivity contribution in [3.63, 3.8) is 0 Å². The van der Waals surface area contributed by atoms with Crippen molar-refractivity contribution in [2.75, 3.05) is 5.32 Å². The van der Waals surface area contributed by atoms with Crippen LogP contribution in [0.25, 0.3) is 10.8 Å². The van der Waals surface area contributed by atoms with Gasteiger partial charge in [-0.25, -0.2) is 0 Å². The van der Waals surface area contributed by atoms with E-state index in [4.69, 9.17) is 12.2 Å². The summed E-state index contributed by atoms with van der Waals surface area (Å²) in [7, 11) is 0. The van der Waals surface area contributed by atoms with Crippen molar-refractivity contribution in [3.8, 4) is 0 Å². The molecule has 0 amide bonds. The minimum atomic E-state index is 0.547. The molecule has 1 fully saturated rings. The van der Waals surface area contributed by atoms with Gasteiger partial charge in [-0.2, -0.15) is 0 Å². The van der Waals surface area contributed by atoms with E-state index < -0.39 is 0 Å². The molecule has 120 valence electrons. The van der Waals surface area contributed by atoms with Gasteiger partial charge in [-0.1, -0.05) is 36.4 Å². The van der Waals surface area contributed by atoms with E-state index in [1.54, 1.807) is 6.20 Å². The van der Waals surface area contributed by atoms with Crippen LogP contribution in [0.4, 0.5) is 5.69 Å². The molecule has 4 rings (SSSR count). The van der Waals surface area contributed by atoms with Crippen LogP contribution < -0.4 is 5.32 Å². The summed E-state index contributed by atoms with van der Waals surface area (Å²) >= 11 is 5.69. The molecule has 0 atom stereocenters. The number of thiocarbonyl (C=S) groups is 1. The minimum Gasteiger partial charge on any atom is -0.342 e. The number of nitrogens with one attached hydrogen (secondary N) is 1. The van der Waals surface area contributed by atoms with Crippen molar-refractivity contribution < 1.29 is 0 Å². The lowest BCUT2D eigenvalue weighted by molar-refractivity contribution is 0.409. The maximum atomic E-state index is 5.69. The molecular formula is C20H19N3S. The van der Waals surface area contributed by atoms with Crippen molar-refractivity contribution in [1.29, 1.82) is 0 Å².